The lowest BCUT2D eigenvalue weighted by Crippen LogP contribution is -2.20. The van der Waals surface area contributed by atoms with Crippen molar-refractivity contribution in [2.24, 2.45) is 0 Å². The van der Waals surface area contributed by atoms with Gasteiger partial charge in [0, 0.05) is 18.5 Å². The van der Waals surface area contributed by atoms with Gasteiger partial charge >= 0.3 is 6.18 Å². The minimum absolute atomic E-state index is 0.337. The average Bonchev–Trinajstić information content (AvgIpc) is 2.81. The second-order valence-corrected chi connectivity index (χ2v) is 7.14. The number of benzene rings is 3. The third-order valence-corrected chi connectivity index (χ3v) is 4.86. The Kier molecular flexibility index (Phi) is 7.86. The largest absolute Gasteiger partial charge is 0.486 e. The molecular weight excluding hydrogens is 421 g/mol. The van der Waals surface area contributed by atoms with E-state index in [9.17, 15) is 18.0 Å². The third-order valence-electron chi connectivity index (χ3n) is 4.86. The zero-order valence-corrected chi connectivity index (χ0v) is 17.1. The van der Waals surface area contributed by atoms with Gasteiger partial charge in [-0.3, -0.25) is 10.0 Å². The number of amides is 1. The molecule has 3 aromatic carbocycles. The molecule has 1 unspecified atom stereocenters. The van der Waals surface area contributed by atoms with Gasteiger partial charge in [0.15, 0.2) is 0 Å². The van der Waals surface area contributed by atoms with Gasteiger partial charge < -0.3 is 10.1 Å². The van der Waals surface area contributed by atoms with Gasteiger partial charge in [0.1, 0.15) is 11.9 Å². The van der Waals surface area contributed by atoms with E-state index in [1.807, 2.05) is 30.3 Å². The van der Waals surface area contributed by atoms with E-state index in [1.165, 1.54) is 12.1 Å². The summed E-state index contributed by atoms with van der Waals surface area (Å²) in [5, 5.41) is 12.0. The van der Waals surface area contributed by atoms with E-state index in [4.69, 9.17) is 9.94 Å². The maximum Gasteiger partial charge on any atom is 0.416 e. The van der Waals surface area contributed by atoms with E-state index in [0.29, 0.717) is 30.8 Å². The van der Waals surface area contributed by atoms with Crippen LogP contribution in [0, 0.1) is 0 Å². The van der Waals surface area contributed by atoms with Crippen LogP contribution >= 0.6 is 0 Å². The fraction of sp³-hybridized carbons (Fsp3) is 0.208. The second kappa shape index (κ2) is 10.8. The predicted octanol–water partition coefficient (Wildman–Crippen LogP) is 5.12. The molecule has 0 heterocycles. The number of rotatable bonds is 9. The average molecular weight is 444 g/mol. The zero-order chi connectivity index (χ0) is 23.0. The van der Waals surface area contributed by atoms with Crippen LogP contribution in [-0.2, 0) is 12.7 Å². The molecular formula is C24H23F3N2O3. The normalized spacial score (nSPS) is 12.2. The molecule has 8 heteroatoms. The highest BCUT2D eigenvalue weighted by atomic mass is 19.4. The lowest BCUT2D eigenvalue weighted by molar-refractivity contribution is -0.137. The smallest absolute Gasteiger partial charge is 0.416 e. The molecule has 3 aromatic rings. The number of hydrogen-bond acceptors (Lipinski definition) is 4. The molecule has 168 valence electrons. The first-order valence-corrected chi connectivity index (χ1v) is 10.00. The van der Waals surface area contributed by atoms with E-state index >= 15 is 0 Å². The molecule has 1 amide bonds. The number of hydrogen-bond donors (Lipinski definition) is 3. The molecule has 0 bridgehead atoms. The van der Waals surface area contributed by atoms with E-state index < -0.39 is 17.6 Å². The summed E-state index contributed by atoms with van der Waals surface area (Å²) in [5.41, 5.74) is 3.10. The monoisotopic (exact) mass is 444 g/mol. The SMILES string of the molecule is O=C(NO)c1ccc(CNCCC(Oc2ccc(C(F)(F)F)cc2)c2ccccc2)cc1. The molecule has 0 fully saturated rings. The Hall–Kier alpha value is -3.36. The van der Waals surface area contributed by atoms with Crippen LogP contribution in [0.2, 0.25) is 0 Å². The maximum absolute atomic E-state index is 12.8. The van der Waals surface area contributed by atoms with Gasteiger partial charge in [-0.2, -0.15) is 13.2 Å². The highest BCUT2D eigenvalue weighted by Gasteiger charge is 2.30. The van der Waals surface area contributed by atoms with E-state index in [2.05, 4.69) is 5.32 Å². The molecule has 5 nitrogen and oxygen atoms in total. The minimum atomic E-state index is -4.39. The quantitative estimate of drug-likeness (QED) is 0.243. The number of hydroxylamine groups is 1. The molecule has 32 heavy (non-hydrogen) atoms. The van der Waals surface area contributed by atoms with Crippen molar-refractivity contribution < 1.29 is 27.9 Å². The number of carbonyl (C=O) groups excluding carboxylic acids is 1. The van der Waals surface area contributed by atoms with Gasteiger partial charge in [0.05, 0.1) is 5.56 Å². The molecule has 0 aliphatic heterocycles. The molecule has 0 radical (unpaired) electrons. The predicted molar refractivity (Wildman–Crippen MR) is 113 cm³/mol. The summed E-state index contributed by atoms with van der Waals surface area (Å²) < 4.78 is 44.4. The minimum Gasteiger partial charge on any atom is -0.486 e. The van der Waals surface area contributed by atoms with Crippen molar-refractivity contribution in [1.82, 2.24) is 10.8 Å². The van der Waals surface area contributed by atoms with Crippen molar-refractivity contribution in [2.45, 2.75) is 25.2 Å². The summed E-state index contributed by atoms with van der Waals surface area (Å²) in [6.07, 6.45) is -4.13. The molecule has 0 saturated carbocycles. The summed E-state index contributed by atoms with van der Waals surface area (Å²) in [4.78, 5) is 11.4. The first-order chi connectivity index (χ1) is 15.4. The van der Waals surface area contributed by atoms with Gasteiger partial charge in [-0.05, 0) is 54.1 Å². The first kappa shape index (κ1) is 23.3. The summed E-state index contributed by atoms with van der Waals surface area (Å²) >= 11 is 0. The Balaban J connectivity index is 1.59. The Labute approximate surface area is 183 Å². The number of halogens is 3. The van der Waals surface area contributed by atoms with Crippen LogP contribution in [0.15, 0.2) is 78.9 Å². The summed E-state index contributed by atoms with van der Waals surface area (Å²) in [6, 6.07) is 21.0. The standard InChI is InChI=1S/C24H23F3N2O3/c25-24(26,27)20-10-12-21(13-11-20)32-22(18-4-2-1-3-5-18)14-15-28-16-17-6-8-19(9-7-17)23(30)29-31/h1-13,22,28,31H,14-16H2,(H,29,30). The number of nitrogens with one attached hydrogen (secondary N) is 2. The molecule has 3 rings (SSSR count). The first-order valence-electron chi connectivity index (χ1n) is 10.00. The Morgan fingerprint density at radius 3 is 2.19 bits per heavy atom. The van der Waals surface area contributed by atoms with Crippen LogP contribution < -0.4 is 15.5 Å². The Morgan fingerprint density at radius 2 is 1.59 bits per heavy atom. The van der Waals surface area contributed by atoms with Crippen molar-refractivity contribution in [3.05, 3.63) is 101 Å². The summed E-state index contributed by atoms with van der Waals surface area (Å²) in [7, 11) is 0. The zero-order valence-electron chi connectivity index (χ0n) is 17.1. The van der Waals surface area contributed by atoms with E-state index in [-0.39, 0.29) is 6.10 Å². The van der Waals surface area contributed by atoms with Crippen LogP contribution in [0.25, 0.3) is 0 Å². The number of ether oxygens (including phenoxy) is 1. The van der Waals surface area contributed by atoms with Gasteiger partial charge in [-0.1, -0.05) is 42.5 Å². The fourth-order valence-electron chi connectivity index (χ4n) is 3.15. The van der Waals surface area contributed by atoms with Crippen LogP contribution in [0.5, 0.6) is 5.75 Å². The molecule has 0 aliphatic rings. The Bertz CT molecular complexity index is 992. The fourth-order valence-corrected chi connectivity index (χ4v) is 3.15. The second-order valence-electron chi connectivity index (χ2n) is 7.14. The van der Waals surface area contributed by atoms with Crippen molar-refractivity contribution >= 4 is 5.91 Å². The van der Waals surface area contributed by atoms with Gasteiger partial charge in [-0.25, -0.2) is 5.48 Å². The highest BCUT2D eigenvalue weighted by molar-refractivity contribution is 5.93. The van der Waals surface area contributed by atoms with Crippen molar-refractivity contribution in [1.29, 1.82) is 0 Å². The molecule has 0 aliphatic carbocycles. The van der Waals surface area contributed by atoms with Gasteiger partial charge in [0.25, 0.3) is 5.91 Å². The third kappa shape index (κ3) is 6.57. The topological polar surface area (TPSA) is 70.6 Å². The summed E-state index contributed by atoms with van der Waals surface area (Å²) in [6.45, 7) is 1.15. The van der Waals surface area contributed by atoms with Crippen LogP contribution in [0.1, 0.15) is 39.6 Å². The molecule has 0 aromatic heterocycles. The molecule has 1 atom stereocenters. The van der Waals surface area contributed by atoms with Crippen LogP contribution in [0.3, 0.4) is 0 Å². The van der Waals surface area contributed by atoms with Crippen LogP contribution in [-0.4, -0.2) is 17.7 Å². The Morgan fingerprint density at radius 1 is 0.938 bits per heavy atom. The van der Waals surface area contributed by atoms with Gasteiger partial charge in [-0.15, -0.1) is 0 Å². The van der Waals surface area contributed by atoms with Gasteiger partial charge in [0.2, 0.25) is 0 Å². The maximum atomic E-state index is 12.8. The molecule has 0 spiro atoms. The van der Waals surface area contributed by atoms with Crippen molar-refractivity contribution in [2.75, 3.05) is 6.54 Å². The number of carbonyl (C=O) groups is 1. The lowest BCUT2D eigenvalue weighted by atomic mass is 10.1. The van der Waals surface area contributed by atoms with E-state index in [0.717, 1.165) is 23.3 Å². The lowest BCUT2D eigenvalue weighted by Gasteiger charge is -2.20. The number of alkyl halides is 3. The molecule has 0 saturated heterocycles. The summed E-state index contributed by atoms with van der Waals surface area (Å²) in [5.74, 6) is -0.208. The van der Waals surface area contributed by atoms with Crippen molar-refractivity contribution in [3.8, 4) is 5.75 Å². The van der Waals surface area contributed by atoms with Crippen LogP contribution in [0.4, 0.5) is 13.2 Å². The van der Waals surface area contributed by atoms with Crippen molar-refractivity contribution in [3.63, 3.8) is 0 Å². The van der Waals surface area contributed by atoms with E-state index in [1.54, 1.807) is 29.7 Å². The highest BCUT2D eigenvalue weighted by Crippen LogP contribution is 2.31. The molecule has 3 N–H and O–H groups in total.